The molecule has 2 aliphatic rings. The summed E-state index contributed by atoms with van der Waals surface area (Å²) in [4.78, 5) is 0. The molecule has 0 radical (unpaired) electrons. The second-order valence-corrected chi connectivity index (χ2v) is 14.4. The normalized spacial score (nSPS) is 22.4. The third-order valence-electron chi connectivity index (χ3n) is 9.30. The molecule has 2 rings (SSSR count). The zero-order chi connectivity index (χ0) is 29.8. The molecular formula is C40H62. The molecule has 0 aliphatic heterocycles. The van der Waals surface area contributed by atoms with E-state index in [4.69, 9.17) is 0 Å². The molecule has 0 N–H and O–H groups in total. The summed E-state index contributed by atoms with van der Waals surface area (Å²) in [6, 6.07) is 0. The molecule has 0 aromatic rings. The molecule has 0 bridgehead atoms. The van der Waals surface area contributed by atoms with E-state index < -0.39 is 0 Å². The van der Waals surface area contributed by atoms with Crippen LogP contribution in [0.2, 0.25) is 0 Å². The maximum atomic E-state index is 2.43. The highest BCUT2D eigenvalue weighted by Crippen LogP contribution is 2.43. The third-order valence-corrected chi connectivity index (χ3v) is 9.30. The maximum Gasteiger partial charge on any atom is -0.0104 e. The van der Waals surface area contributed by atoms with Crippen LogP contribution in [0.15, 0.2) is 94.2 Å². The molecule has 0 aromatic heterocycles. The van der Waals surface area contributed by atoms with E-state index in [0.29, 0.717) is 22.7 Å². The topological polar surface area (TPSA) is 0 Å². The zero-order valence-corrected chi connectivity index (χ0v) is 28.0. The van der Waals surface area contributed by atoms with Gasteiger partial charge in [0.25, 0.3) is 0 Å². The quantitative estimate of drug-likeness (QED) is 0.160. The van der Waals surface area contributed by atoms with Gasteiger partial charge in [0.1, 0.15) is 0 Å². The number of hydrogen-bond donors (Lipinski definition) is 0. The van der Waals surface area contributed by atoms with Crippen molar-refractivity contribution >= 4 is 0 Å². The van der Waals surface area contributed by atoms with Gasteiger partial charge in [-0.25, -0.2) is 0 Å². The lowest BCUT2D eigenvalue weighted by Gasteiger charge is -2.34. The van der Waals surface area contributed by atoms with Crippen LogP contribution < -0.4 is 0 Å². The van der Waals surface area contributed by atoms with Crippen molar-refractivity contribution in [3.63, 3.8) is 0 Å². The number of allylic oxidation sites excluding steroid dienone is 16. The van der Waals surface area contributed by atoms with Gasteiger partial charge in [-0.05, 0) is 120 Å². The van der Waals surface area contributed by atoms with E-state index in [-0.39, 0.29) is 0 Å². The molecule has 0 amide bonds. The van der Waals surface area contributed by atoms with Gasteiger partial charge in [0.15, 0.2) is 0 Å². The molecule has 0 saturated heterocycles. The molecule has 2 unspecified atom stereocenters. The summed E-state index contributed by atoms with van der Waals surface area (Å²) >= 11 is 0. The largest absolute Gasteiger partial charge is 0.0877 e. The molecule has 40 heavy (non-hydrogen) atoms. The van der Waals surface area contributed by atoms with E-state index in [0.717, 1.165) is 12.8 Å². The molecular weight excluding hydrogens is 480 g/mol. The lowest BCUT2D eigenvalue weighted by molar-refractivity contribution is 0.354. The fourth-order valence-corrected chi connectivity index (χ4v) is 6.52. The second-order valence-electron chi connectivity index (χ2n) is 14.4. The molecule has 0 saturated carbocycles. The molecule has 222 valence electrons. The maximum absolute atomic E-state index is 2.43. The van der Waals surface area contributed by atoms with Crippen molar-refractivity contribution in [2.24, 2.45) is 22.7 Å². The van der Waals surface area contributed by atoms with Crippen LogP contribution in [-0.4, -0.2) is 0 Å². The van der Waals surface area contributed by atoms with E-state index in [1.54, 1.807) is 22.3 Å². The summed E-state index contributed by atoms with van der Waals surface area (Å²) in [7, 11) is 0. The SMILES string of the molecule is CC1=C(/C=C/C(C)CC=CC(C)C/C=C/C=C(C)\C=C\C=C(/C)CCC2=C(C)CCCC2(C)C)C(C)(C)CCC1. The minimum Gasteiger partial charge on any atom is -0.0877 e. The van der Waals surface area contributed by atoms with Crippen LogP contribution in [0.25, 0.3) is 0 Å². The van der Waals surface area contributed by atoms with Crippen LogP contribution >= 0.6 is 0 Å². The molecule has 0 heterocycles. The van der Waals surface area contributed by atoms with Crippen LogP contribution in [0.4, 0.5) is 0 Å². The summed E-state index contributed by atoms with van der Waals surface area (Å²) in [5.74, 6) is 1.14. The average Bonchev–Trinajstić information content (AvgIpc) is 2.85. The first kappa shape index (κ1) is 34.1. The summed E-state index contributed by atoms with van der Waals surface area (Å²) in [6.45, 7) is 23.5. The first-order valence-corrected chi connectivity index (χ1v) is 16.2. The van der Waals surface area contributed by atoms with Gasteiger partial charge < -0.3 is 0 Å². The predicted octanol–water partition coefficient (Wildman–Crippen LogP) is 13.0. The summed E-state index contributed by atoms with van der Waals surface area (Å²) in [6.07, 6.45) is 35.6. The zero-order valence-electron chi connectivity index (χ0n) is 28.0. The van der Waals surface area contributed by atoms with Gasteiger partial charge in [0.2, 0.25) is 0 Å². The fraction of sp³-hybridized carbons (Fsp3) is 0.600. The van der Waals surface area contributed by atoms with Crippen molar-refractivity contribution in [1.82, 2.24) is 0 Å². The Morgan fingerprint density at radius 3 is 2.08 bits per heavy atom. The smallest absolute Gasteiger partial charge is 0.0104 e. The molecule has 2 atom stereocenters. The molecule has 0 spiro atoms. The predicted molar refractivity (Wildman–Crippen MR) is 182 cm³/mol. The van der Waals surface area contributed by atoms with E-state index >= 15 is 0 Å². The van der Waals surface area contributed by atoms with Crippen molar-refractivity contribution in [1.29, 1.82) is 0 Å². The van der Waals surface area contributed by atoms with Gasteiger partial charge >= 0.3 is 0 Å². The van der Waals surface area contributed by atoms with Crippen molar-refractivity contribution < 1.29 is 0 Å². The van der Waals surface area contributed by atoms with E-state index in [1.165, 1.54) is 62.5 Å². The average molecular weight is 543 g/mol. The van der Waals surface area contributed by atoms with Crippen LogP contribution in [0.3, 0.4) is 0 Å². The minimum absolute atomic E-state index is 0.330. The number of hydrogen-bond acceptors (Lipinski definition) is 0. The van der Waals surface area contributed by atoms with Crippen LogP contribution in [-0.2, 0) is 0 Å². The Bertz CT molecular complexity index is 1050. The monoisotopic (exact) mass is 542 g/mol. The second kappa shape index (κ2) is 16.4. The number of rotatable bonds is 13. The van der Waals surface area contributed by atoms with E-state index in [2.05, 4.69) is 130 Å². The Morgan fingerprint density at radius 1 is 0.775 bits per heavy atom. The fourth-order valence-electron chi connectivity index (χ4n) is 6.52. The molecule has 0 heteroatoms. The van der Waals surface area contributed by atoms with Gasteiger partial charge in [0.05, 0.1) is 0 Å². The molecule has 0 fully saturated rings. The van der Waals surface area contributed by atoms with E-state index in [9.17, 15) is 0 Å². The Balaban J connectivity index is 1.74. The highest BCUT2D eigenvalue weighted by Gasteiger charge is 2.28. The third kappa shape index (κ3) is 11.8. The van der Waals surface area contributed by atoms with Gasteiger partial charge in [-0.15, -0.1) is 0 Å². The Kier molecular flexibility index (Phi) is 14.0. The highest BCUT2D eigenvalue weighted by molar-refractivity contribution is 5.33. The van der Waals surface area contributed by atoms with Gasteiger partial charge in [-0.1, -0.05) is 130 Å². The van der Waals surface area contributed by atoms with Crippen LogP contribution in [0.1, 0.15) is 133 Å². The Morgan fingerprint density at radius 2 is 1.40 bits per heavy atom. The molecule has 0 nitrogen and oxygen atoms in total. The lowest BCUT2D eigenvalue weighted by Crippen LogP contribution is -2.20. The van der Waals surface area contributed by atoms with Gasteiger partial charge in [0, 0.05) is 0 Å². The molecule has 0 aromatic carbocycles. The first-order valence-electron chi connectivity index (χ1n) is 16.2. The van der Waals surface area contributed by atoms with E-state index in [1.807, 2.05) is 0 Å². The minimum atomic E-state index is 0.330. The van der Waals surface area contributed by atoms with Crippen molar-refractivity contribution in [2.75, 3.05) is 0 Å². The molecule has 2 aliphatic carbocycles. The summed E-state index contributed by atoms with van der Waals surface area (Å²) in [5, 5.41) is 0. The Hall–Kier alpha value is -2.08. The summed E-state index contributed by atoms with van der Waals surface area (Å²) in [5.41, 5.74) is 9.99. The first-order chi connectivity index (χ1) is 18.8. The highest BCUT2D eigenvalue weighted by atomic mass is 14.3. The van der Waals surface area contributed by atoms with Crippen LogP contribution in [0.5, 0.6) is 0 Å². The summed E-state index contributed by atoms with van der Waals surface area (Å²) < 4.78 is 0. The standard InChI is InChI=1S/C40H62/c1-31(19-13-21-33(3)25-27-37-35(5)23-15-29-39(37,7)8)17-11-12-18-32(2)20-14-22-34(4)26-28-38-36(6)24-16-30-40(38,9)10/h11-14,17,19-21,26,28,32,34H,15-16,18,22-25,27,29-30H2,1-10H3/b12-11+,19-13+,20-14?,28-26+,31-17-,33-21+. The lowest BCUT2D eigenvalue weighted by atomic mass is 9.71. The van der Waals surface area contributed by atoms with Gasteiger partial charge in [-0.2, -0.15) is 0 Å². The van der Waals surface area contributed by atoms with Gasteiger partial charge in [-0.3, -0.25) is 0 Å². The Labute approximate surface area is 249 Å². The van der Waals surface area contributed by atoms with Crippen molar-refractivity contribution in [3.8, 4) is 0 Å². The van der Waals surface area contributed by atoms with Crippen molar-refractivity contribution in [2.45, 2.75) is 133 Å². The van der Waals surface area contributed by atoms with Crippen LogP contribution in [0, 0.1) is 22.7 Å². The van der Waals surface area contributed by atoms with Crippen molar-refractivity contribution in [3.05, 3.63) is 94.2 Å².